The van der Waals surface area contributed by atoms with E-state index in [0.29, 0.717) is 13.0 Å². The lowest BCUT2D eigenvalue weighted by Crippen LogP contribution is -2.27. The van der Waals surface area contributed by atoms with Crippen molar-refractivity contribution in [2.24, 2.45) is 11.8 Å². The van der Waals surface area contributed by atoms with Crippen molar-refractivity contribution < 1.29 is 14.3 Å². The maximum atomic E-state index is 12.3. The third-order valence-corrected chi connectivity index (χ3v) is 4.40. The largest absolute Gasteiger partial charge is 0.496 e. The molecule has 2 aromatic carbocycles. The van der Waals surface area contributed by atoms with Crippen LogP contribution in [0.1, 0.15) is 17.5 Å². The highest BCUT2D eigenvalue weighted by molar-refractivity contribution is 5.99. The Morgan fingerprint density at radius 1 is 1.08 bits per heavy atom. The van der Waals surface area contributed by atoms with Gasteiger partial charge in [0.2, 0.25) is 11.8 Å². The van der Waals surface area contributed by atoms with E-state index in [0.717, 1.165) is 22.6 Å². The number of methoxy groups -OCH3 is 1. The minimum atomic E-state index is -0.252. The summed E-state index contributed by atoms with van der Waals surface area (Å²) in [5, 5.41) is 5.78. The van der Waals surface area contributed by atoms with Crippen molar-refractivity contribution in [3.63, 3.8) is 0 Å². The van der Waals surface area contributed by atoms with Crippen molar-refractivity contribution in [1.29, 1.82) is 0 Å². The number of ether oxygens (including phenoxy) is 1. The van der Waals surface area contributed by atoms with Gasteiger partial charge in [0.1, 0.15) is 5.75 Å². The van der Waals surface area contributed by atoms with Crippen molar-refractivity contribution in [1.82, 2.24) is 5.32 Å². The van der Waals surface area contributed by atoms with Crippen LogP contribution in [0.25, 0.3) is 0 Å². The normalized spacial score (nSPS) is 18.3. The van der Waals surface area contributed by atoms with Gasteiger partial charge in [0.05, 0.1) is 18.9 Å². The minimum Gasteiger partial charge on any atom is -0.496 e. The summed E-state index contributed by atoms with van der Waals surface area (Å²) in [6.45, 7) is 2.37. The Labute approximate surface area is 147 Å². The molecule has 5 nitrogen and oxygen atoms in total. The molecule has 2 amide bonds. The van der Waals surface area contributed by atoms with Crippen molar-refractivity contribution in [3.05, 3.63) is 59.7 Å². The van der Waals surface area contributed by atoms with Gasteiger partial charge < -0.3 is 15.4 Å². The number of rotatable bonds is 6. The molecule has 0 radical (unpaired) electrons. The fraction of sp³-hybridized carbons (Fsp3) is 0.300. The summed E-state index contributed by atoms with van der Waals surface area (Å²) in [6, 6.07) is 15.2. The molecule has 1 aliphatic carbocycles. The third-order valence-electron chi connectivity index (χ3n) is 4.40. The Balaban J connectivity index is 1.51. The first-order chi connectivity index (χ1) is 12.1. The second kappa shape index (κ2) is 7.38. The average Bonchev–Trinajstić information content (AvgIpc) is 3.41. The number of nitrogens with one attached hydrogen (secondary N) is 2. The fourth-order valence-corrected chi connectivity index (χ4v) is 2.89. The van der Waals surface area contributed by atoms with Gasteiger partial charge in [-0.05, 0) is 37.1 Å². The molecule has 0 saturated heterocycles. The van der Waals surface area contributed by atoms with E-state index in [4.69, 9.17) is 4.74 Å². The Morgan fingerprint density at radius 3 is 2.60 bits per heavy atom. The summed E-state index contributed by atoms with van der Waals surface area (Å²) < 4.78 is 5.27. The van der Waals surface area contributed by atoms with Crippen LogP contribution in [-0.4, -0.2) is 18.9 Å². The summed E-state index contributed by atoms with van der Waals surface area (Å²) in [7, 11) is 1.60. The highest BCUT2D eigenvalue weighted by Gasteiger charge is 2.47. The van der Waals surface area contributed by atoms with Crippen LogP contribution < -0.4 is 15.4 Å². The number of amides is 2. The predicted molar refractivity (Wildman–Crippen MR) is 96.2 cm³/mol. The molecule has 0 aromatic heterocycles. The zero-order valence-corrected chi connectivity index (χ0v) is 14.4. The lowest BCUT2D eigenvalue weighted by molar-refractivity contribution is -0.125. The van der Waals surface area contributed by atoms with E-state index in [1.165, 1.54) is 0 Å². The Morgan fingerprint density at radius 2 is 1.84 bits per heavy atom. The number of benzene rings is 2. The molecule has 0 spiro atoms. The second-order valence-corrected chi connectivity index (χ2v) is 6.34. The molecule has 3 rings (SSSR count). The molecule has 2 atom stereocenters. The lowest BCUT2D eigenvalue weighted by Gasteiger charge is -2.09. The zero-order chi connectivity index (χ0) is 17.8. The van der Waals surface area contributed by atoms with Gasteiger partial charge in [0, 0.05) is 17.8 Å². The summed E-state index contributed by atoms with van der Waals surface area (Å²) in [6.07, 6.45) is 0.593. The van der Waals surface area contributed by atoms with Gasteiger partial charge in [-0.25, -0.2) is 0 Å². The van der Waals surface area contributed by atoms with Crippen molar-refractivity contribution in [2.75, 3.05) is 12.4 Å². The number of carbonyl (C=O) groups is 2. The fourth-order valence-electron chi connectivity index (χ4n) is 2.89. The summed E-state index contributed by atoms with van der Waals surface area (Å²) >= 11 is 0. The van der Waals surface area contributed by atoms with Crippen molar-refractivity contribution >= 4 is 17.5 Å². The number of para-hydroxylation sites is 1. The van der Waals surface area contributed by atoms with Gasteiger partial charge in [0.25, 0.3) is 0 Å². The molecule has 1 aliphatic rings. The van der Waals surface area contributed by atoms with Gasteiger partial charge in [0.15, 0.2) is 0 Å². The van der Waals surface area contributed by atoms with Gasteiger partial charge in [-0.15, -0.1) is 0 Å². The number of anilines is 1. The smallest absolute Gasteiger partial charge is 0.228 e. The van der Waals surface area contributed by atoms with Crippen LogP contribution in [0.4, 0.5) is 5.69 Å². The van der Waals surface area contributed by atoms with E-state index in [9.17, 15) is 9.59 Å². The molecule has 0 heterocycles. The number of hydrogen-bond donors (Lipinski definition) is 2. The molecule has 1 fully saturated rings. The quantitative estimate of drug-likeness (QED) is 0.851. The number of carbonyl (C=O) groups excluding carboxylic acids is 2. The molecule has 0 bridgehead atoms. The molecular formula is C20H22N2O3. The van der Waals surface area contributed by atoms with E-state index in [1.807, 2.05) is 55.5 Å². The van der Waals surface area contributed by atoms with E-state index in [-0.39, 0.29) is 23.7 Å². The number of hydrogen-bond acceptors (Lipinski definition) is 3. The van der Waals surface area contributed by atoms with Crippen LogP contribution in [0.5, 0.6) is 5.75 Å². The SMILES string of the molecule is COc1ccccc1CNC(=O)C1CC1C(=O)Nc1cccc(C)c1. The molecule has 1 saturated carbocycles. The molecule has 2 N–H and O–H groups in total. The van der Waals surface area contributed by atoms with Crippen LogP contribution in [-0.2, 0) is 16.1 Å². The molecule has 2 aromatic rings. The highest BCUT2D eigenvalue weighted by Crippen LogP contribution is 2.39. The maximum Gasteiger partial charge on any atom is 0.228 e. The first-order valence-electron chi connectivity index (χ1n) is 8.35. The van der Waals surface area contributed by atoms with Crippen molar-refractivity contribution in [3.8, 4) is 5.75 Å². The zero-order valence-electron chi connectivity index (χ0n) is 14.4. The van der Waals surface area contributed by atoms with Gasteiger partial charge >= 0.3 is 0 Å². The van der Waals surface area contributed by atoms with Crippen LogP contribution in [0.2, 0.25) is 0 Å². The van der Waals surface area contributed by atoms with Crippen LogP contribution >= 0.6 is 0 Å². The standard InChI is InChI=1S/C20H22N2O3/c1-13-6-5-8-15(10-13)22-20(24)17-11-16(17)19(23)21-12-14-7-3-4-9-18(14)25-2/h3-10,16-17H,11-12H2,1-2H3,(H,21,23)(H,22,24). The van der Waals surface area contributed by atoms with Crippen molar-refractivity contribution in [2.45, 2.75) is 19.9 Å². The average molecular weight is 338 g/mol. The van der Waals surface area contributed by atoms with E-state index in [1.54, 1.807) is 7.11 Å². The first kappa shape index (κ1) is 17.0. The Bertz CT molecular complexity index is 788. The molecule has 130 valence electrons. The van der Waals surface area contributed by atoms with E-state index >= 15 is 0 Å². The van der Waals surface area contributed by atoms with Crippen LogP contribution in [0.3, 0.4) is 0 Å². The third kappa shape index (κ3) is 4.18. The van der Waals surface area contributed by atoms with Gasteiger partial charge in [-0.3, -0.25) is 9.59 Å². The monoisotopic (exact) mass is 338 g/mol. The first-order valence-corrected chi connectivity index (χ1v) is 8.35. The highest BCUT2D eigenvalue weighted by atomic mass is 16.5. The summed E-state index contributed by atoms with van der Waals surface area (Å²) in [5.41, 5.74) is 2.77. The second-order valence-electron chi connectivity index (χ2n) is 6.34. The van der Waals surface area contributed by atoms with Crippen LogP contribution in [0, 0.1) is 18.8 Å². The summed E-state index contributed by atoms with van der Waals surface area (Å²) in [4.78, 5) is 24.5. The molecule has 2 unspecified atom stereocenters. The molecular weight excluding hydrogens is 316 g/mol. The van der Waals surface area contributed by atoms with E-state index < -0.39 is 0 Å². The minimum absolute atomic E-state index is 0.0877. The number of aryl methyl sites for hydroxylation is 1. The predicted octanol–water partition coefficient (Wildman–Crippen LogP) is 2.89. The summed E-state index contributed by atoms with van der Waals surface area (Å²) in [5.74, 6) is 0.0587. The Kier molecular flexibility index (Phi) is 5.03. The Hall–Kier alpha value is -2.82. The molecule has 25 heavy (non-hydrogen) atoms. The maximum absolute atomic E-state index is 12.3. The topological polar surface area (TPSA) is 67.4 Å². The van der Waals surface area contributed by atoms with E-state index in [2.05, 4.69) is 10.6 Å². The van der Waals surface area contributed by atoms with Gasteiger partial charge in [-0.1, -0.05) is 30.3 Å². The lowest BCUT2D eigenvalue weighted by atomic mass is 10.2. The van der Waals surface area contributed by atoms with Crippen LogP contribution in [0.15, 0.2) is 48.5 Å². The molecule has 0 aliphatic heterocycles. The van der Waals surface area contributed by atoms with Gasteiger partial charge in [-0.2, -0.15) is 0 Å². The molecule has 5 heteroatoms.